The van der Waals surface area contributed by atoms with Crippen LogP contribution >= 0.6 is 35.0 Å². The van der Waals surface area contributed by atoms with Crippen LogP contribution in [0.25, 0.3) is 11.4 Å². The van der Waals surface area contributed by atoms with Crippen LogP contribution in [0.4, 0.5) is 10.1 Å². The lowest BCUT2D eigenvalue weighted by Crippen LogP contribution is -2.23. The molecule has 5 nitrogen and oxygen atoms in total. The average Bonchev–Trinajstić information content (AvgIpc) is 2.99. The van der Waals surface area contributed by atoms with Gasteiger partial charge in [-0.25, -0.2) is 4.39 Å². The number of benzene rings is 2. The number of aromatic nitrogens is 3. The number of hydrogen-bond acceptors (Lipinski definition) is 4. The van der Waals surface area contributed by atoms with Crippen molar-refractivity contribution in [2.75, 3.05) is 5.32 Å². The molecule has 0 bridgehead atoms. The van der Waals surface area contributed by atoms with Crippen LogP contribution < -0.4 is 5.32 Å². The normalized spacial score (nSPS) is 12.0. The zero-order valence-corrected chi connectivity index (χ0v) is 16.7. The molecule has 1 aromatic heterocycles. The molecule has 0 radical (unpaired) electrons. The highest BCUT2D eigenvalue weighted by atomic mass is 35.5. The molecule has 3 rings (SSSR count). The van der Waals surface area contributed by atoms with Crippen molar-refractivity contribution in [3.8, 4) is 11.4 Å². The quantitative estimate of drug-likeness (QED) is 0.582. The van der Waals surface area contributed by atoms with E-state index in [9.17, 15) is 9.18 Å². The first kappa shape index (κ1) is 19.7. The fourth-order valence-electron chi connectivity index (χ4n) is 2.33. The summed E-state index contributed by atoms with van der Waals surface area (Å²) in [5.74, 6) is -0.258. The zero-order chi connectivity index (χ0) is 19.6. The second-order valence-corrected chi connectivity index (χ2v) is 7.87. The summed E-state index contributed by atoms with van der Waals surface area (Å²) in [4.78, 5) is 12.5. The van der Waals surface area contributed by atoms with Crippen molar-refractivity contribution in [3.05, 3.63) is 58.3 Å². The number of rotatable bonds is 5. The number of hydrogen-bond donors (Lipinski definition) is 1. The van der Waals surface area contributed by atoms with Gasteiger partial charge in [0.05, 0.1) is 21.5 Å². The summed E-state index contributed by atoms with van der Waals surface area (Å²) in [6.45, 7) is 1.73. The smallest absolute Gasteiger partial charge is 0.237 e. The zero-order valence-electron chi connectivity index (χ0n) is 14.4. The Morgan fingerprint density at radius 2 is 1.96 bits per heavy atom. The molecule has 3 aromatic rings. The van der Waals surface area contributed by atoms with Crippen molar-refractivity contribution in [2.24, 2.45) is 7.05 Å². The molecule has 0 aliphatic carbocycles. The van der Waals surface area contributed by atoms with Crippen molar-refractivity contribution < 1.29 is 9.18 Å². The van der Waals surface area contributed by atoms with Gasteiger partial charge in [0.1, 0.15) is 5.82 Å². The number of nitrogens with zero attached hydrogens (tertiary/aromatic N) is 3. The lowest BCUT2D eigenvalue weighted by atomic mass is 10.2. The third-order valence-electron chi connectivity index (χ3n) is 3.79. The van der Waals surface area contributed by atoms with Crippen LogP contribution in [0, 0.1) is 5.82 Å². The Bertz CT molecular complexity index is 995. The summed E-state index contributed by atoms with van der Waals surface area (Å²) in [7, 11) is 1.72. The van der Waals surface area contributed by atoms with Crippen molar-refractivity contribution in [3.63, 3.8) is 0 Å². The second-order valence-electron chi connectivity index (χ2n) is 5.72. The minimum atomic E-state index is -0.489. The van der Waals surface area contributed by atoms with E-state index in [1.807, 2.05) is 0 Å². The molecule has 1 atom stereocenters. The highest BCUT2D eigenvalue weighted by Gasteiger charge is 2.21. The number of anilines is 1. The molecule has 9 heteroatoms. The Balaban J connectivity index is 1.75. The Hall–Kier alpha value is -2.09. The number of thioether (sulfide) groups is 1. The third kappa shape index (κ3) is 4.43. The molecule has 1 amide bonds. The van der Waals surface area contributed by atoms with E-state index >= 15 is 0 Å². The molecular weight excluding hydrogens is 410 g/mol. The molecule has 0 aliphatic heterocycles. The van der Waals surface area contributed by atoms with Crippen LogP contribution in [-0.4, -0.2) is 25.9 Å². The fraction of sp³-hybridized carbons (Fsp3) is 0.167. The van der Waals surface area contributed by atoms with Crippen LogP contribution in [-0.2, 0) is 11.8 Å². The van der Waals surface area contributed by atoms with Crippen molar-refractivity contribution >= 4 is 46.6 Å². The maximum Gasteiger partial charge on any atom is 0.237 e. The van der Waals surface area contributed by atoms with E-state index in [1.165, 1.54) is 17.8 Å². The van der Waals surface area contributed by atoms with Crippen LogP contribution in [0.1, 0.15) is 6.92 Å². The summed E-state index contributed by atoms with van der Waals surface area (Å²) in [5, 5.41) is 11.7. The summed E-state index contributed by atoms with van der Waals surface area (Å²) >= 11 is 13.2. The molecule has 0 saturated carbocycles. The van der Waals surface area contributed by atoms with E-state index < -0.39 is 5.25 Å². The van der Waals surface area contributed by atoms with E-state index in [2.05, 4.69) is 15.5 Å². The number of carbonyl (C=O) groups is 1. The van der Waals surface area contributed by atoms with Crippen LogP contribution in [0.15, 0.2) is 47.6 Å². The summed E-state index contributed by atoms with van der Waals surface area (Å²) in [6.07, 6.45) is 0. The second kappa shape index (κ2) is 8.29. The highest BCUT2D eigenvalue weighted by Crippen LogP contribution is 2.29. The van der Waals surface area contributed by atoms with Crippen molar-refractivity contribution in [2.45, 2.75) is 17.3 Å². The van der Waals surface area contributed by atoms with Gasteiger partial charge in [-0.15, -0.1) is 10.2 Å². The standard InChI is InChI=1S/C18H15Cl2FN4OS/c1-10(17(26)22-15-9-11(19)7-8-13(15)20)27-18-24-23-16(25(18)2)12-5-3-4-6-14(12)21/h3-10H,1-2H3,(H,22,26)/t10-/m1/s1. The van der Waals surface area contributed by atoms with Crippen molar-refractivity contribution in [1.82, 2.24) is 14.8 Å². The lowest BCUT2D eigenvalue weighted by Gasteiger charge is -2.13. The summed E-state index contributed by atoms with van der Waals surface area (Å²) < 4.78 is 15.6. The molecular formula is C18H15Cl2FN4OS. The minimum absolute atomic E-state index is 0.264. The molecule has 2 aromatic carbocycles. The Morgan fingerprint density at radius 1 is 1.22 bits per heavy atom. The predicted molar refractivity (Wildman–Crippen MR) is 107 cm³/mol. The first-order valence-corrected chi connectivity index (χ1v) is 9.57. The molecule has 1 N–H and O–H groups in total. The van der Waals surface area contributed by atoms with Crippen molar-refractivity contribution in [1.29, 1.82) is 0 Å². The minimum Gasteiger partial charge on any atom is -0.324 e. The van der Waals surface area contributed by atoms with Gasteiger partial charge < -0.3 is 9.88 Å². The first-order valence-electron chi connectivity index (χ1n) is 7.93. The molecule has 0 fully saturated rings. The summed E-state index contributed by atoms with van der Waals surface area (Å²) in [6, 6.07) is 11.2. The average molecular weight is 425 g/mol. The van der Waals surface area contributed by atoms with Gasteiger partial charge in [-0.3, -0.25) is 4.79 Å². The van der Waals surface area contributed by atoms with E-state index in [4.69, 9.17) is 23.2 Å². The van der Waals surface area contributed by atoms with Gasteiger partial charge in [-0.05, 0) is 37.3 Å². The van der Waals surface area contributed by atoms with Gasteiger partial charge >= 0.3 is 0 Å². The maximum atomic E-state index is 14.0. The Morgan fingerprint density at radius 3 is 2.70 bits per heavy atom. The number of halogens is 3. The van der Waals surface area contributed by atoms with Crippen LogP contribution in [0.3, 0.4) is 0 Å². The Labute approximate surface area is 169 Å². The number of amides is 1. The molecule has 0 spiro atoms. The maximum absolute atomic E-state index is 14.0. The summed E-state index contributed by atoms with van der Waals surface area (Å²) in [5.41, 5.74) is 0.786. The van der Waals surface area contributed by atoms with Gasteiger partial charge in [0.2, 0.25) is 5.91 Å². The number of carbonyl (C=O) groups excluding carboxylic acids is 1. The third-order valence-corrected chi connectivity index (χ3v) is 5.49. The van der Waals surface area contributed by atoms with Gasteiger partial charge in [-0.2, -0.15) is 0 Å². The van der Waals surface area contributed by atoms with Crippen LogP contribution in [0.2, 0.25) is 10.0 Å². The topological polar surface area (TPSA) is 59.8 Å². The van der Waals surface area contributed by atoms with E-state index in [-0.39, 0.29) is 11.7 Å². The monoisotopic (exact) mass is 424 g/mol. The van der Waals surface area contributed by atoms with E-state index in [0.717, 1.165) is 0 Å². The first-order chi connectivity index (χ1) is 12.9. The predicted octanol–water partition coefficient (Wildman–Crippen LogP) is 5.05. The fourth-order valence-corrected chi connectivity index (χ4v) is 3.49. The van der Waals surface area contributed by atoms with E-state index in [1.54, 1.807) is 54.9 Å². The van der Waals surface area contributed by atoms with E-state index in [0.29, 0.717) is 32.3 Å². The molecule has 1 heterocycles. The van der Waals surface area contributed by atoms with Gasteiger partial charge in [0.25, 0.3) is 0 Å². The molecule has 140 valence electrons. The number of nitrogens with one attached hydrogen (secondary N) is 1. The molecule has 0 unspecified atom stereocenters. The van der Waals surface area contributed by atoms with Gasteiger partial charge in [0, 0.05) is 12.1 Å². The molecule has 0 saturated heterocycles. The SMILES string of the molecule is C[C@@H](Sc1nnc(-c2ccccc2F)n1C)C(=O)Nc1cc(Cl)ccc1Cl. The Kier molecular flexibility index (Phi) is 6.04. The van der Waals surface area contributed by atoms with Gasteiger partial charge in [-0.1, -0.05) is 47.1 Å². The van der Waals surface area contributed by atoms with Gasteiger partial charge in [0.15, 0.2) is 11.0 Å². The molecule has 0 aliphatic rings. The molecule has 27 heavy (non-hydrogen) atoms. The van der Waals surface area contributed by atoms with Crippen LogP contribution in [0.5, 0.6) is 0 Å². The largest absolute Gasteiger partial charge is 0.324 e. The lowest BCUT2D eigenvalue weighted by molar-refractivity contribution is -0.115. The highest BCUT2D eigenvalue weighted by molar-refractivity contribution is 8.00.